The first kappa shape index (κ1) is 34.7. The summed E-state index contributed by atoms with van der Waals surface area (Å²) >= 11 is 0. The Morgan fingerprint density at radius 1 is 0.909 bits per heavy atom. The lowest BCUT2D eigenvalue weighted by molar-refractivity contribution is -0.209. The molecule has 2 fully saturated rings. The van der Waals surface area contributed by atoms with Crippen molar-refractivity contribution in [2.24, 2.45) is 5.92 Å². The van der Waals surface area contributed by atoms with Gasteiger partial charge in [0.1, 0.15) is 11.7 Å². The predicted octanol–water partition coefficient (Wildman–Crippen LogP) is 2.70. The number of allylic oxidation sites excluding steroid dienone is 3. The minimum Gasteiger partial charge on any atom is -0.459 e. The second-order valence-electron chi connectivity index (χ2n) is 12.5. The molecule has 1 aliphatic heterocycles. The molecule has 0 unspecified atom stereocenters. The fourth-order valence-electron chi connectivity index (χ4n) is 6.21. The summed E-state index contributed by atoms with van der Waals surface area (Å²) < 4.78 is 28.9. The van der Waals surface area contributed by atoms with Crippen molar-refractivity contribution in [1.82, 2.24) is 0 Å². The molecule has 44 heavy (non-hydrogen) atoms. The average molecular weight is 619 g/mol. The molecule has 0 aromatic rings. The summed E-state index contributed by atoms with van der Waals surface area (Å²) in [4.78, 5) is 64.7. The average Bonchev–Trinajstić information content (AvgIpc) is 3.21. The summed E-state index contributed by atoms with van der Waals surface area (Å²) in [6, 6.07) is 0. The van der Waals surface area contributed by atoms with Crippen LogP contribution in [-0.4, -0.2) is 81.3 Å². The smallest absolute Gasteiger partial charge is 0.341 e. The Morgan fingerprint density at radius 2 is 1.45 bits per heavy atom. The Bertz CT molecular complexity index is 1370. The number of fused-ring (bicyclic) bond motifs is 3. The van der Waals surface area contributed by atoms with Gasteiger partial charge in [-0.1, -0.05) is 17.2 Å². The summed E-state index contributed by atoms with van der Waals surface area (Å²) in [6.07, 6.45) is -2.54. The van der Waals surface area contributed by atoms with Crippen LogP contribution < -0.4 is 0 Å². The van der Waals surface area contributed by atoms with Crippen LogP contribution in [0.25, 0.3) is 0 Å². The number of carbonyl (C=O) groups excluding carboxylic acids is 5. The first-order chi connectivity index (χ1) is 20.2. The summed E-state index contributed by atoms with van der Waals surface area (Å²) in [5.74, 6) is -5.58. The molecule has 0 spiro atoms. The van der Waals surface area contributed by atoms with Gasteiger partial charge < -0.3 is 33.9 Å². The van der Waals surface area contributed by atoms with Gasteiger partial charge in [-0.15, -0.1) is 0 Å². The third-order valence-electron chi connectivity index (χ3n) is 8.36. The molecule has 2 N–H and O–H groups in total. The Labute approximate surface area is 256 Å². The number of ether oxygens (including phenoxy) is 5. The maximum absolute atomic E-state index is 13.1. The van der Waals surface area contributed by atoms with E-state index in [0.29, 0.717) is 11.1 Å². The second kappa shape index (κ2) is 12.3. The van der Waals surface area contributed by atoms with Crippen LogP contribution >= 0.6 is 0 Å². The van der Waals surface area contributed by atoms with Crippen LogP contribution in [0.3, 0.4) is 0 Å². The Hall–Kier alpha value is -3.77. The lowest BCUT2D eigenvalue weighted by Crippen LogP contribution is -2.64. The fraction of sp³-hybridized carbons (Fsp3) is 0.594. The number of hydrogen-bond acceptors (Lipinski definition) is 12. The van der Waals surface area contributed by atoms with Gasteiger partial charge in [0.2, 0.25) is 0 Å². The van der Waals surface area contributed by atoms with Crippen molar-refractivity contribution in [3.8, 4) is 0 Å². The van der Waals surface area contributed by atoms with Crippen LogP contribution in [0.15, 0.2) is 46.1 Å². The highest BCUT2D eigenvalue weighted by Gasteiger charge is 2.76. The van der Waals surface area contributed by atoms with Crippen LogP contribution in [0, 0.1) is 5.92 Å². The van der Waals surface area contributed by atoms with Gasteiger partial charge in [0.05, 0.1) is 5.92 Å². The fourth-order valence-corrected chi connectivity index (χ4v) is 6.21. The number of rotatable bonds is 7. The molecule has 0 radical (unpaired) electrons. The first-order valence-corrected chi connectivity index (χ1v) is 14.3. The minimum atomic E-state index is -2.62. The SMILES string of the molecule is C/C=C(/C)C(=O)O[C@H]1C(C)=C2[C@H]([C@@H]1OC(=O)C=C(C)C)[C@@](C)(OC(C)=O)C[C@H](OC(=O)C=C(C)C)[C@@]1(O)[C@H]2OC(=O)[C@@]1(C)O. The zero-order valence-electron chi connectivity index (χ0n) is 26.8. The monoisotopic (exact) mass is 618 g/mol. The van der Waals surface area contributed by atoms with Gasteiger partial charge in [0, 0.05) is 31.1 Å². The van der Waals surface area contributed by atoms with Crippen molar-refractivity contribution >= 4 is 29.8 Å². The minimum absolute atomic E-state index is 0.0917. The third kappa shape index (κ3) is 6.10. The van der Waals surface area contributed by atoms with Crippen LogP contribution in [0.4, 0.5) is 0 Å². The molecule has 0 aromatic carbocycles. The van der Waals surface area contributed by atoms with Gasteiger partial charge in [-0.2, -0.15) is 0 Å². The van der Waals surface area contributed by atoms with Crippen molar-refractivity contribution in [2.45, 2.75) is 117 Å². The predicted molar refractivity (Wildman–Crippen MR) is 154 cm³/mol. The van der Waals surface area contributed by atoms with E-state index in [9.17, 15) is 34.2 Å². The van der Waals surface area contributed by atoms with E-state index < -0.39 is 83.4 Å². The van der Waals surface area contributed by atoms with Gasteiger partial charge in [0.25, 0.3) is 0 Å². The van der Waals surface area contributed by atoms with Gasteiger partial charge in [-0.3, -0.25) is 4.79 Å². The maximum atomic E-state index is 13.1. The topological polar surface area (TPSA) is 172 Å². The molecule has 1 heterocycles. The molecule has 1 saturated carbocycles. The van der Waals surface area contributed by atoms with Gasteiger partial charge in [-0.25, -0.2) is 19.2 Å². The largest absolute Gasteiger partial charge is 0.459 e. The van der Waals surface area contributed by atoms with E-state index in [1.807, 2.05) is 0 Å². The highest BCUT2D eigenvalue weighted by molar-refractivity contribution is 5.89. The maximum Gasteiger partial charge on any atom is 0.341 e. The zero-order chi connectivity index (χ0) is 33.5. The first-order valence-electron chi connectivity index (χ1n) is 14.3. The molecule has 8 atom stereocenters. The van der Waals surface area contributed by atoms with Gasteiger partial charge in [-0.05, 0) is 73.5 Å². The Kier molecular flexibility index (Phi) is 9.72. The van der Waals surface area contributed by atoms with Crippen LogP contribution in [0.5, 0.6) is 0 Å². The molecule has 3 aliphatic rings. The summed E-state index contributed by atoms with van der Waals surface area (Å²) in [6.45, 7) is 15.0. The van der Waals surface area contributed by atoms with E-state index in [1.165, 1.54) is 32.9 Å². The molecule has 0 amide bonds. The Morgan fingerprint density at radius 3 is 1.95 bits per heavy atom. The van der Waals surface area contributed by atoms with Gasteiger partial charge in [0.15, 0.2) is 29.5 Å². The number of hydrogen-bond donors (Lipinski definition) is 2. The highest BCUT2D eigenvalue weighted by Crippen LogP contribution is 2.57. The van der Waals surface area contributed by atoms with Crippen molar-refractivity contribution < 1.29 is 57.9 Å². The summed E-state index contributed by atoms with van der Waals surface area (Å²) in [7, 11) is 0. The normalized spacial score (nSPS) is 34.5. The lowest BCUT2D eigenvalue weighted by atomic mass is 9.75. The molecule has 2 aliphatic carbocycles. The van der Waals surface area contributed by atoms with Crippen LogP contribution in [-0.2, 0) is 47.7 Å². The molecule has 12 nitrogen and oxygen atoms in total. The molecule has 3 rings (SSSR count). The highest BCUT2D eigenvalue weighted by atomic mass is 16.6. The quantitative estimate of drug-likeness (QED) is 0.185. The van der Waals surface area contributed by atoms with Crippen molar-refractivity contribution in [1.29, 1.82) is 0 Å². The van der Waals surface area contributed by atoms with Crippen molar-refractivity contribution in [3.05, 3.63) is 46.1 Å². The lowest BCUT2D eigenvalue weighted by Gasteiger charge is -2.41. The molecule has 1 saturated heterocycles. The van der Waals surface area contributed by atoms with Crippen molar-refractivity contribution in [3.63, 3.8) is 0 Å². The van der Waals surface area contributed by atoms with E-state index in [0.717, 1.165) is 19.9 Å². The molecule has 242 valence electrons. The Balaban J connectivity index is 2.37. The molecule has 0 bridgehead atoms. The number of aliphatic hydroxyl groups is 2. The summed E-state index contributed by atoms with van der Waals surface area (Å²) in [5.41, 5.74) is -5.20. The van der Waals surface area contributed by atoms with E-state index in [1.54, 1.807) is 34.6 Å². The zero-order valence-corrected chi connectivity index (χ0v) is 26.8. The van der Waals surface area contributed by atoms with Crippen molar-refractivity contribution in [2.75, 3.05) is 0 Å². The van der Waals surface area contributed by atoms with Crippen LogP contribution in [0.1, 0.15) is 75.7 Å². The van der Waals surface area contributed by atoms with Crippen LogP contribution in [0.2, 0.25) is 0 Å². The second-order valence-corrected chi connectivity index (χ2v) is 12.5. The third-order valence-corrected chi connectivity index (χ3v) is 8.36. The summed E-state index contributed by atoms with van der Waals surface area (Å²) in [5, 5.41) is 23.8. The van der Waals surface area contributed by atoms with E-state index in [4.69, 9.17) is 23.7 Å². The molecular formula is C32H42O12. The molecule has 0 aromatic heterocycles. The molecular weight excluding hydrogens is 576 g/mol. The van der Waals surface area contributed by atoms with E-state index in [2.05, 4.69) is 0 Å². The molecule has 12 heteroatoms. The van der Waals surface area contributed by atoms with Gasteiger partial charge >= 0.3 is 29.8 Å². The number of esters is 5. The van der Waals surface area contributed by atoms with E-state index in [-0.39, 0.29) is 16.7 Å². The van der Waals surface area contributed by atoms with E-state index >= 15 is 0 Å². The number of carbonyl (C=O) groups is 5. The standard InChI is InChI=1S/C32H42O12/c1-11-17(6)28(36)42-25-18(7)23-24(26(25)41-22(35)13-16(4)5)30(9,44-19(8)33)14-20(40-21(34)12-15(2)3)32(39)27(23)43-29(37)31(32,10)38/h11-13,20,24-27,38-39H,14H2,1-10H3/b17-11-/t20-,24+,25-,26-,27-,30-,31+,32+/m0/s1.